The van der Waals surface area contributed by atoms with Crippen LogP contribution in [0.15, 0.2) is 77.0 Å². The molecule has 0 aliphatic carbocycles. The Kier molecular flexibility index (Phi) is 6.98. The number of hydrogen-bond donors (Lipinski definition) is 0. The molecule has 1 nitrogen and oxygen atoms in total. The van der Waals surface area contributed by atoms with Gasteiger partial charge in [0, 0.05) is 16.4 Å². The first kappa shape index (κ1) is 15.4. The molecule has 0 aromatic heterocycles. The fourth-order valence-corrected chi connectivity index (χ4v) is 4.33. The predicted octanol–water partition coefficient (Wildman–Crippen LogP) is 4.89. The quantitative estimate of drug-likeness (QED) is 0.534. The Hall–Kier alpha value is -0.970. The monoisotopic (exact) mass is 320 g/mol. The van der Waals surface area contributed by atoms with E-state index in [1.165, 1.54) is 5.56 Å². The minimum absolute atomic E-state index is 0.572. The van der Waals surface area contributed by atoms with Crippen molar-refractivity contribution in [2.45, 2.75) is 10.6 Å². The summed E-state index contributed by atoms with van der Waals surface area (Å²) in [5, 5.41) is 2.02. The zero-order valence-electron chi connectivity index (χ0n) is 11.0. The number of benzene rings is 2. The molecule has 0 amide bonds. The normalized spacial score (nSPS) is 12.6. The highest BCUT2D eigenvalue weighted by Gasteiger charge is 1.99. The van der Waals surface area contributed by atoms with Gasteiger partial charge in [-0.1, -0.05) is 76.2 Å². The van der Waals surface area contributed by atoms with Gasteiger partial charge in [0.1, 0.15) is 0 Å². The van der Waals surface area contributed by atoms with E-state index in [4.69, 9.17) is 0 Å². The molecule has 0 aliphatic rings. The van der Waals surface area contributed by atoms with Gasteiger partial charge < -0.3 is 0 Å². The summed E-state index contributed by atoms with van der Waals surface area (Å²) in [6.45, 7) is 0. The highest BCUT2D eigenvalue weighted by molar-refractivity contribution is 8.77. The molecule has 0 bridgehead atoms. The van der Waals surface area contributed by atoms with Crippen LogP contribution in [0.2, 0.25) is 0 Å². The highest BCUT2D eigenvalue weighted by Crippen LogP contribution is 2.26. The fraction of sp³-hybridized carbons (Fsp3) is 0.125. The smallest absolute Gasteiger partial charge is 0.0568 e. The second kappa shape index (κ2) is 9.06. The molecule has 0 heterocycles. The third kappa shape index (κ3) is 5.57. The van der Waals surface area contributed by atoms with Crippen LogP contribution in [0.5, 0.6) is 0 Å². The van der Waals surface area contributed by atoms with Crippen LogP contribution < -0.4 is 0 Å². The van der Waals surface area contributed by atoms with Crippen molar-refractivity contribution in [1.29, 1.82) is 0 Å². The maximum absolute atomic E-state index is 11.9. The van der Waals surface area contributed by atoms with E-state index in [1.807, 2.05) is 47.9 Å². The molecular formula is C16H16OS3. The van der Waals surface area contributed by atoms with Crippen molar-refractivity contribution < 1.29 is 4.21 Å². The molecule has 4 heteroatoms. The molecule has 104 valence electrons. The molecule has 1 unspecified atom stereocenters. The first-order chi connectivity index (χ1) is 9.86. The molecule has 0 saturated carbocycles. The van der Waals surface area contributed by atoms with Crippen molar-refractivity contribution >= 4 is 32.4 Å². The van der Waals surface area contributed by atoms with Gasteiger partial charge in [0.05, 0.1) is 10.8 Å². The van der Waals surface area contributed by atoms with Crippen LogP contribution in [0.4, 0.5) is 0 Å². The highest BCUT2D eigenvalue weighted by atomic mass is 33.1. The topological polar surface area (TPSA) is 17.1 Å². The van der Waals surface area contributed by atoms with Crippen molar-refractivity contribution in [3.63, 3.8) is 0 Å². The summed E-state index contributed by atoms with van der Waals surface area (Å²) < 4.78 is 11.9. The average molecular weight is 321 g/mol. The molecule has 0 N–H and O–H groups in total. The Morgan fingerprint density at radius 3 is 2.30 bits per heavy atom. The fourth-order valence-electron chi connectivity index (χ4n) is 1.55. The van der Waals surface area contributed by atoms with Gasteiger partial charge in [-0.15, -0.1) is 0 Å². The van der Waals surface area contributed by atoms with Gasteiger partial charge in [-0.3, -0.25) is 4.21 Å². The van der Waals surface area contributed by atoms with Crippen LogP contribution in [-0.4, -0.2) is 9.96 Å². The molecule has 0 fully saturated rings. The molecule has 0 saturated heterocycles. The SMILES string of the molecule is O=S(C/C=C/SSCc1ccccc1)c1ccccc1. The first-order valence-electron chi connectivity index (χ1n) is 6.27. The standard InChI is InChI=1S/C16H16OS3/c17-20(16-10-5-2-6-11-16)13-7-12-18-19-14-15-8-3-1-4-9-15/h1-12H,13-14H2/b12-7+. The van der Waals surface area contributed by atoms with Gasteiger partial charge in [-0.05, 0) is 23.1 Å². The molecule has 0 spiro atoms. The molecule has 2 aromatic carbocycles. The summed E-state index contributed by atoms with van der Waals surface area (Å²) in [7, 11) is 2.54. The van der Waals surface area contributed by atoms with Gasteiger partial charge in [0.25, 0.3) is 0 Å². The van der Waals surface area contributed by atoms with E-state index in [1.54, 1.807) is 21.6 Å². The van der Waals surface area contributed by atoms with E-state index in [9.17, 15) is 4.21 Å². The summed E-state index contributed by atoms with van der Waals surface area (Å²) in [4.78, 5) is 0.888. The van der Waals surface area contributed by atoms with Crippen molar-refractivity contribution in [3.05, 3.63) is 77.7 Å². The molecule has 2 aromatic rings. The second-order valence-corrected chi connectivity index (χ2v) is 7.81. The number of rotatable bonds is 7. The van der Waals surface area contributed by atoms with E-state index in [2.05, 4.69) is 24.3 Å². The summed E-state index contributed by atoms with van der Waals surface area (Å²) in [6, 6.07) is 20.0. The van der Waals surface area contributed by atoms with Crippen LogP contribution in [0.1, 0.15) is 5.56 Å². The van der Waals surface area contributed by atoms with Crippen LogP contribution in [0.25, 0.3) is 0 Å². The Labute approximate surface area is 130 Å². The minimum Gasteiger partial charge on any atom is -0.254 e. The molecule has 0 aliphatic heterocycles. The lowest BCUT2D eigenvalue weighted by atomic mass is 10.2. The van der Waals surface area contributed by atoms with E-state index < -0.39 is 10.8 Å². The summed E-state index contributed by atoms with van der Waals surface area (Å²) in [6.07, 6.45) is 1.98. The Morgan fingerprint density at radius 1 is 0.950 bits per heavy atom. The van der Waals surface area contributed by atoms with Gasteiger partial charge >= 0.3 is 0 Å². The van der Waals surface area contributed by atoms with Crippen LogP contribution in [-0.2, 0) is 16.6 Å². The molecular weight excluding hydrogens is 304 g/mol. The maximum atomic E-state index is 11.9. The lowest BCUT2D eigenvalue weighted by molar-refractivity contribution is 0.685. The second-order valence-electron chi connectivity index (χ2n) is 4.04. The Morgan fingerprint density at radius 2 is 1.60 bits per heavy atom. The predicted molar refractivity (Wildman–Crippen MR) is 92.2 cm³/mol. The summed E-state index contributed by atoms with van der Waals surface area (Å²) in [5.74, 6) is 1.56. The average Bonchev–Trinajstić information content (AvgIpc) is 2.52. The number of hydrogen-bond acceptors (Lipinski definition) is 3. The lowest BCUT2D eigenvalue weighted by Crippen LogP contribution is -1.93. The zero-order valence-corrected chi connectivity index (χ0v) is 13.4. The molecule has 2 rings (SSSR count). The van der Waals surface area contributed by atoms with Gasteiger partial charge in [-0.25, -0.2) is 0 Å². The third-order valence-corrected chi connectivity index (χ3v) is 5.82. The van der Waals surface area contributed by atoms with Crippen molar-refractivity contribution in [3.8, 4) is 0 Å². The molecule has 0 radical (unpaired) electrons. The minimum atomic E-state index is -0.934. The van der Waals surface area contributed by atoms with Crippen LogP contribution >= 0.6 is 21.6 Å². The van der Waals surface area contributed by atoms with E-state index >= 15 is 0 Å². The van der Waals surface area contributed by atoms with Gasteiger partial charge in [0.2, 0.25) is 0 Å². The summed E-state index contributed by atoms with van der Waals surface area (Å²) in [5.41, 5.74) is 1.33. The van der Waals surface area contributed by atoms with Crippen molar-refractivity contribution in [2.75, 3.05) is 5.75 Å². The van der Waals surface area contributed by atoms with Crippen molar-refractivity contribution in [1.82, 2.24) is 0 Å². The zero-order chi connectivity index (χ0) is 14.0. The van der Waals surface area contributed by atoms with E-state index in [-0.39, 0.29) is 0 Å². The van der Waals surface area contributed by atoms with Crippen LogP contribution in [0, 0.1) is 0 Å². The summed E-state index contributed by atoms with van der Waals surface area (Å²) >= 11 is 0. The Bertz CT molecular complexity index is 552. The van der Waals surface area contributed by atoms with Gasteiger partial charge in [0.15, 0.2) is 0 Å². The molecule has 20 heavy (non-hydrogen) atoms. The first-order valence-corrected chi connectivity index (χ1v) is 9.97. The Balaban J connectivity index is 1.66. The third-order valence-electron chi connectivity index (χ3n) is 2.54. The van der Waals surface area contributed by atoms with E-state index in [0.717, 1.165) is 10.6 Å². The van der Waals surface area contributed by atoms with E-state index in [0.29, 0.717) is 5.75 Å². The largest absolute Gasteiger partial charge is 0.254 e. The van der Waals surface area contributed by atoms with Crippen molar-refractivity contribution in [2.24, 2.45) is 0 Å². The lowest BCUT2D eigenvalue weighted by Gasteiger charge is -1.98. The maximum Gasteiger partial charge on any atom is 0.0568 e. The van der Waals surface area contributed by atoms with Gasteiger partial charge in [-0.2, -0.15) is 0 Å². The molecule has 1 atom stereocenters. The van der Waals surface area contributed by atoms with Crippen LogP contribution in [0.3, 0.4) is 0 Å².